The highest BCUT2D eigenvalue weighted by Gasteiger charge is 2.60. The van der Waals surface area contributed by atoms with Crippen molar-refractivity contribution in [3.8, 4) is 11.8 Å². The van der Waals surface area contributed by atoms with E-state index in [2.05, 4.69) is 17.2 Å². The summed E-state index contributed by atoms with van der Waals surface area (Å²) in [6.07, 6.45) is 0. The van der Waals surface area contributed by atoms with Crippen molar-refractivity contribution in [2.24, 2.45) is 11.8 Å². The number of aliphatic hydroxyl groups is 1. The van der Waals surface area contributed by atoms with Crippen molar-refractivity contribution in [1.29, 1.82) is 0 Å². The number of nitrogens with zero attached hydrogens (tertiary/aromatic N) is 1. The van der Waals surface area contributed by atoms with Gasteiger partial charge in [-0.1, -0.05) is 11.8 Å². The average Bonchev–Trinajstić information content (AvgIpc) is 3.25. The van der Waals surface area contributed by atoms with Crippen molar-refractivity contribution in [2.45, 2.75) is 31.5 Å². The third kappa shape index (κ3) is 3.14. The molecule has 2 saturated heterocycles. The minimum Gasteiger partial charge on any atom is -0.468 e. The number of hydrogen-bond acceptors (Lipinski definition) is 7. The standard InChI is InChI=1S/C18H20N2O5S/c1-18(2,24)8-7-9-5-6-10(26-9)13-11-12(14(19-13)17(23)25-4)16(22)20(3)15(11)21/h5-6,11-14,19,24H,1-4H3/t11-,12+,13-,14-/m1/s1. The zero-order valence-electron chi connectivity index (χ0n) is 14.9. The predicted octanol–water partition coefficient (Wildman–Crippen LogP) is 0.287. The van der Waals surface area contributed by atoms with E-state index in [1.165, 1.54) is 25.5 Å². The van der Waals surface area contributed by atoms with Gasteiger partial charge in [-0.3, -0.25) is 24.6 Å². The van der Waals surface area contributed by atoms with E-state index in [9.17, 15) is 19.5 Å². The fourth-order valence-electron chi connectivity index (χ4n) is 3.37. The number of hydrogen-bond donors (Lipinski definition) is 2. The molecule has 0 radical (unpaired) electrons. The number of carbonyl (C=O) groups excluding carboxylic acids is 3. The van der Waals surface area contributed by atoms with Gasteiger partial charge in [0.1, 0.15) is 11.6 Å². The van der Waals surface area contributed by atoms with E-state index in [0.717, 1.165) is 14.7 Å². The zero-order chi connectivity index (χ0) is 19.2. The van der Waals surface area contributed by atoms with Crippen LogP contribution in [0.1, 0.15) is 29.6 Å². The lowest BCUT2D eigenvalue weighted by molar-refractivity contribution is -0.147. The van der Waals surface area contributed by atoms with Crippen LogP contribution in [0.5, 0.6) is 0 Å². The van der Waals surface area contributed by atoms with Crippen molar-refractivity contribution < 1.29 is 24.2 Å². The van der Waals surface area contributed by atoms with Crippen molar-refractivity contribution in [1.82, 2.24) is 10.2 Å². The molecule has 3 heterocycles. The second-order valence-electron chi connectivity index (χ2n) is 6.94. The molecule has 0 aliphatic carbocycles. The topological polar surface area (TPSA) is 95.9 Å². The van der Waals surface area contributed by atoms with E-state index in [1.54, 1.807) is 19.9 Å². The molecule has 4 atom stereocenters. The van der Waals surface area contributed by atoms with Gasteiger partial charge >= 0.3 is 5.97 Å². The van der Waals surface area contributed by atoms with Crippen LogP contribution in [0.25, 0.3) is 0 Å². The van der Waals surface area contributed by atoms with Crippen LogP contribution in [0.15, 0.2) is 12.1 Å². The maximum Gasteiger partial charge on any atom is 0.323 e. The van der Waals surface area contributed by atoms with Gasteiger partial charge < -0.3 is 9.84 Å². The molecule has 8 heteroatoms. The zero-order valence-corrected chi connectivity index (χ0v) is 15.7. The average molecular weight is 376 g/mol. The molecule has 0 saturated carbocycles. The quantitative estimate of drug-likeness (QED) is 0.438. The van der Waals surface area contributed by atoms with E-state index < -0.39 is 35.5 Å². The van der Waals surface area contributed by atoms with Gasteiger partial charge in [-0.2, -0.15) is 0 Å². The number of likely N-dealkylation sites (tertiary alicyclic amines) is 1. The molecule has 2 aliphatic heterocycles. The van der Waals surface area contributed by atoms with Crippen LogP contribution in [0.2, 0.25) is 0 Å². The highest BCUT2D eigenvalue weighted by Crippen LogP contribution is 2.45. The van der Waals surface area contributed by atoms with Crippen LogP contribution >= 0.6 is 11.3 Å². The predicted molar refractivity (Wildman–Crippen MR) is 93.9 cm³/mol. The Balaban J connectivity index is 1.94. The first-order valence-electron chi connectivity index (χ1n) is 8.14. The molecule has 2 aliphatic rings. The number of rotatable bonds is 2. The van der Waals surface area contributed by atoms with Gasteiger partial charge in [0, 0.05) is 11.9 Å². The molecule has 1 aromatic rings. The maximum absolute atomic E-state index is 12.6. The smallest absolute Gasteiger partial charge is 0.323 e. The molecule has 7 nitrogen and oxygen atoms in total. The van der Waals surface area contributed by atoms with Gasteiger partial charge in [0.15, 0.2) is 0 Å². The van der Waals surface area contributed by atoms with Gasteiger partial charge in [0.2, 0.25) is 11.8 Å². The summed E-state index contributed by atoms with van der Waals surface area (Å²) in [5.74, 6) is 2.99. The number of nitrogens with one attached hydrogen (secondary N) is 1. The molecular weight excluding hydrogens is 356 g/mol. The molecule has 138 valence electrons. The summed E-state index contributed by atoms with van der Waals surface area (Å²) in [6, 6.07) is 2.30. The summed E-state index contributed by atoms with van der Waals surface area (Å²) in [5.41, 5.74) is -1.10. The summed E-state index contributed by atoms with van der Waals surface area (Å²) in [4.78, 5) is 39.7. The Morgan fingerprint density at radius 3 is 2.58 bits per heavy atom. The van der Waals surface area contributed by atoms with Gasteiger partial charge in [-0.15, -0.1) is 11.3 Å². The molecule has 0 unspecified atom stereocenters. The Morgan fingerprint density at radius 2 is 1.96 bits per heavy atom. The minimum absolute atomic E-state index is 0.304. The first-order valence-corrected chi connectivity index (χ1v) is 8.96. The van der Waals surface area contributed by atoms with E-state index in [-0.39, 0.29) is 11.8 Å². The Labute approximate surface area is 155 Å². The molecule has 2 amide bonds. The van der Waals surface area contributed by atoms with Crippen molar-refractivity contribution in [3.63, 3.8) is 0 Å². The Bertz CT molecular complexity index is 829. The van der Waals surface area contributed by atoms with Crippen molar-refractivity contribution >= 4 is 29.1 Å². The van der Waals surface area contributed by atoms with Crippen LogP contribution in [0.3, 0.4) is 0 Å². The summed E-state index contributed by atoms with van der Waals surface area (Å²) < 4.78 is 4.80. The normalized spacial score (nSPS) is 28.0. The summed E-state index contributed by atoms with van der Waals surface area (Å²) in [5, 5.41) is 12.8. The minimum atomic E-state index is -1.10. The summed E-state index contributed by atoms with van der Waals surface area (Å²) >= 11 is 1.36. The molecule has 2 fully saturated rings. The lowest BCUT2D eigenvalue weighted by Gasteiger charge is -2.18. The molecule has 1 aromatic heterocycles. The Hall–Kier alpha value is -2.21. The third-order valence-electron chi connectivity index (χ3n) is 4.58. The number of ether oxygens (including phenoxy) is 1. The maximum atomic E-state index is 12.6. The molecule has 26 heavy (non-hydrogen) atoms. The third-order valence-corrected chi connectivity index (χ3v) is 5.66. The number of amides is 2. The highest BCUT2D eigenvalue weighted by molar-refractivity contribution is 7.12. The molecule has 0 spiro atoms. The highest BCUT2D eigenvalue weighted by atomic mass is 32.1. The van der Waals surface area contributed by atoms with Crippen LogP contribution in [0.4, 0.5) is 0 Å². The molecule has 0 aromatic carbocycles. The lowest BCUT2D eigenvalue weighted by atomic mass is 9.89. The number of thiophene rings is 1. The number of fused-ring (bicyclic) bond motifs is 1. The van der Waals surface area contributed by atoms with Gasteiger partial charge in [-0.25, -0.2) is 0 Å². The lowest BCUT2D eigenvalue weighted by Crippen LogP contribution is -2.42. The summed E-state index contributed by atoms with van der Waals surface area (Å²) in [7, 11) is 2.69. The van der Waals surface area contributed by atoms with Crippen molar-refractivity contribution in [2.75, 3.05) is 14.2 Å². The number of methoxy groups -OCH3 is 1. The first-order chi connectivity index (χ1) is 12.1. The second kappa shape index (κ2) is 6.50. The van der Waals surface area contributed by atoms with Crippen LogP contribution < -0.4 is 5.32 Å². The van der Waals surface area contributed by atoms with E-state index in [1.807, 2.05) is 6.07 Å². The summed E-state index contributed by atoms with van der Waals surface area (Å²) in [6.45, 7) is 3.19. The van der Waals surface area contributed by atoms with Gasteiger partial charge in [0.25, 0.3) is 0 Å². The molecule has 2 N–H and O–H groups in total. The number of esters is 1. The van der Waals surface area contributed by atoms with E-state index >= 15 is 0 Å². The van der Waals surface area contributed by atoms with Crippen LogP contribution in [-0.2, 0) is 19.1 Å². The fraction of sp³-hybridized carbons (Fsp3) is 0.500. The molecule has 3 rings (SSSR count). The Kier molecular flexibility index (Phi) is 4.65. The van der Waals surface area contributed by atoms with E-state index in [0.29, 0.717) is 0 Å². The molecule has 0 bridgehead atoms. The van der Waals surface area contributed by atoms with E-state index in [4.69, 9.17) is 4.74 Å². The monoisotopic (exact) mass is 376 g/mol. The van der Waals surface area contributed by atoms with Gasteiger partial charge in [-0.05, 0) is 26.0 Å². The number of carbonyl (C=O) groups is 3. The molecular formula is C18H20N2O5S. The first kappa shape index (κ1) is 18.6. The SMILES string of the molecule is COC(=O)[C@@H]1N[C@H](c2ccc(C#CC(C)(C)O)s2)[C@@H]2C(=O)N(C)C(=O)[C@@H]21. The second-order valence-corrected chi connectivity index (χ2v) is 8.06. The number of imide groups is 1. The fourth-order valence-corrected chi connectivity index (χ4v) is 4.34. The van der Waals surface area contributed by atoms with Crippen molar-refractivity contribution in [3.05, 3.63) is 21.9 Å². The Morgan fingerprint density at radius 1 is 1.31 bits per heavy atom. The van der Waals surface area contributed by atoms with Gasteiger partial charge in [0.05, 0.1) is 29.9 Å². The largest absolute Gasteiger partial charge is 0.468 e. The van der Waals surface area contributed by atoms with Crippen LogP contribution in [-0.4, -0.2) is 53.6 Å². The van der Waals surface area contributed by atoms with Crippen LogP contribution in [0, 0.1) is 23.7 Å².